The number of rotatable bonds is 5. The van der Waals surface area contributed by atoms with Gasteiger partial charge in [0.05, 0.1) is 25.1 Å². The summed E-state index contributed by atoms with van der Waals surface area (Å²) in [5.41, 5.74) is 2.35. The van der Waals surface area contributed by atoms with E-state index in [4.69, 9.17) is 4.74 Å². The molecule has 0 saturated heterocycles. The highest BCUT2D eigenvalue weighted by atomic mass is 32.2. The molecule has 1 aromatic heterocycles. The number of nitrogens with one attached hydrogen (secondary N) is 1. The molecule has 0 aliphatic carbocycles. The highest BCUT2D eigenvalue weighted by Gasteiger charge is 2.28. The summed E-state index contributed by atoms with van der Waals surface area (Å²) in [6.45, 7) is 3.01. The molecule has 0 unspecified atom stereocenters. The number of carbonyl (C=O) groups is 2. The van der Waals surface area contributed by atoms with Gasteiger partial charge in [0.25, 0.3) is 0 Å². The third-order valence-electron chi connectivity index (χ3n) is 4.47. The number of hydrogen-bond donors (Lipinski definition) is 1. The number of nitriles is 1. The highest BCUT2D eigenvalue weighted by Crippen LogP contribution is 2.36. The maximum atomic E-state index is 12.5. The lowest BCUT2D eigenvalue weighted by Crippen LogP contribution is -2.35. The van der Waals surface area contributed by atoms with Gasteiger partial charge in [-0.3, -0.25) is 4.79 Å². The normalized spacial score (nSPS) is 12.8. The van der Waals surface area contributed by atoms with E-state index in [2.05, 4.69) is 11.4 Å². The topological polar surface area (TPSA) is 82.4 Å². The molecule has 2 amide bonds. The average Bonchev–Trinajstić information content (AvgIpc) is 3.04. The third-order valence-corrected chi connectivity index (χ3v) is 6.35. The zero-order valence-corrected chi connectivity index (χ0v) is 17.4. The summed E-state index contributed by atoms with van der Waals surface area (Å²) in [5, 5.41) is 13.0. The third kappa shape index (κ3) is 4.49. The Morgan fingerprint density at radius 2 is 2.11 bits per heavy atom. The Morgan fingerprint density at radius 1 is 1.36 bits per heavy atom. The smallest absolute Gasteiger partial charge is 0.410 e. The first-order valence-corrected chi connectivity index (χ1v) is 11.0. The largest absolute Gasteiger partial charge is 0.450 e. The Balaban J connectivity index is 1.71. The van der Waals surface area contributed by atoms with Crippen LogP contribution >= 0.6 is 23.1 Å². The van der Waals surface area contributed by atoms with Crippen LogP contribution in [0.4, 0.5) is 9.80 Å². The molecule has 6 nitrogen and oxygen atoms in total. The molecule has 1 aliphatic heterocycles. The molecule has 0 atom stereocenters. The summed E-state index contributed by atoms with van der Waals surface area (Å²) in [4.78, 5) is 28.1. The van der Waals surface area contributed by atoms with Gasteiger partial charge in [0.1, 0.15) is 11.1 Å². The van der Waals surface area contributed by atoms with Gasteiger partial charge >= 0.3 is 6.09 Å². The standard InChI is InChI=1S/C20H21N3O3S2/c1-3-26-20(25)23-9-8-15-16(11-21)19(28-17(15)12-23)22-18(24)10-13-4-6-14(27-2)7-5-13/h4-7H,3,8-10,12H2,1-2H3,(H,22,24). The summed E-state index contributed by atoms with van der Waals surface area (Å²) in [6, 6.07) is 10.1. The highest BCUT2D eigenvalue weighted by molar-refractivity contribution is 7.98. The maximum absolute atomic E-state index is 12.5. The van der Waals surface area contributed by atoms with Gasteiger partial charge in [-0.2, -0.15) is 5.26 Å². The molecular weight excluding hydrogens is 394 g/mol. The minimum absolute atomic E-state index is 0.158. The van der Waals surface area contributed by atoms with E-state index < -0.39 is 0 Å². The van der Waals surface area contributed by atoms with Crippen LogP contribution in [0.2, 0.25) is 0 Å². The number of thioether (sulfide) groups is 1. The van der Waals surface area contributed by atoms with E-state index in [0.717, 1.165) is 20.9 Å². The number of thiophene rings is 1. The van der Waals surface area contributed by atoms with Gasteiger partial charge in [-0.1, -0.05) is 12.1 Å². The van der Waals surface area contributed by atoms with E-state index in [-0.39, 0.29) is 18.4 Å². The number of ether oxygens (including phenoxy) is 1. The fourth-order valence-corrected chi connectivity index (χ4v) is 4.72. The summed E-state index contributed by atoms with van der Waals surface area (Å²) in [6.07, 6.45) is 2.49. The van der Waals surface area contributed by atoms with E-state index in [1.807, 2.05) is 30.5 Å². The number of carbonyl (C=O) groups excluding carboxylic acids is 2. The number of benzene rings is 1. The molecule has 2 heterocycles. The van der Waals surface area contributed by atoms with Crippen LogP contribution in [0.5, 0.6) is 0 Å². The molecule has 2 aromatic rings. The molecule has 1 aromatic carbocycles. The first-order chi connectivity index (χ1) is 13.5. The van der Waals surface area contributed by atoms with Gasteiger partial charge in [-0.25, -0.2) is 4.79 Å². The van der Waals surface area contributed by atoms with Gasteiger partial charge in [0.2, 0.25) is 5.91 Å². The quantitative estimate of drug-likeness (QED) is 0.746. The molecule has 0 spiro atoms. The molecule has 146 valence electrons. The van der Waals surface area contributed by atoms with E-state index in [1.54, 1.807) is 23.6 Å². The van der Waals surface area contributed by atoms with Crippen molar-refractivity contribution in [2.24, 2.45) is 0 Å². The lowest BCUT2D eigenvalue weighted by Gasteiger charge is -2.25. The Hall–Kier alpha value is -2.50. The number of nitrogens with zero attached hydrogens (tertiary/aromatic N) is 2. The van der Waals surface area contributed by atoms with Crippen molar-refractivity contribution in [3.63, 3.8) is 0 Å². The number of anilines is 1. The molecule has 0 bridgehead atoms. The Labute approximate surface area is 172 Å². The number of hydrogen-bond acceptors (Lipinski definition) is 6. The van der Waals surface area contributed by atoms with Crippen LogP contribution < -0.4 is 5.32 Å². The molecular formula is C20H21N3O3S2. The van der Waals surface area contributed by atoms with Crippen molar-refractivity contribution in [3.8, 4) is 6.07 Å². The Bertz CT molecular complexity index is 916. The van der Waals surface area contributed by atoms with Crippen molar-refractivity contribution in [1.29, 1.82) is 5.26 Å². The zero-order chi connectivity index (χ0) is 20.1. The van der Waals surface area contributed by atoms with E-state index in [1.165, 1.54) is 11.3 Å². The van der Waals surface area contributed by atoms with Crippen molar-refractivity contribution in [3.05, 3.63) is 45.8 Å². The van der Waals surface area contributed by atoms with Crippen molar-refractivity contribution in [2.45, 2.75) is 31.2 Å². The first kappa shape index (κ1) is 20.2. The van der Waals surface area contributed by atoms with E-state index in [0.29, 0.717) is 36.7 Å². The molecule has 0 saturated carbocycles. The lowest BCUT2D eigenvalue weighted by molar-refractivity contribution is -0.115. The van der Waals surface area contributed by atoms with Gasteiger partial charge in [-0.15, -0.1) is 23.1 Å². The monoisotopic (exact) mass is 415 g/mol. The van der Waals surface area contributed by atoms with Gasteiger partial charge < -0.3 is 15.0 Å². The summed E-state index contributed by atoms with van der Waals surface area (Å²) in [5.74, 6) is -0.158. The van der Waals surface area contributed by atoms with Crippen molar-refractivity contribution in [1.82, 2.24) is 4.90 Å². The average molecular weight is 416 g/mol. The number of amides is 2. The van der Waals surface area contributed by atoms with Crippen LogP contribution in [0.25, 0.3) is 0 Å². The van der Waals surface area contributed by atoms with Crippen LogP contribution in [-0.2, 0) is 28.9 Å². The minimum atomic E-state index is -0.348. The summed E-state index contributed by atoms with van der Waals surface area (Å²) < 4.78 is 5.06. The van der Waals surface area contributed by atoms with Crippen molar-refractivity contribution >= 4 is 40.1 Å². The van der Waals surface area contributed by atoms with Crippen LogP contribution in [0, 0.1) is 11.3 Å². The molecule has 0 radical (unpaired) electrons. The van der Waals surface area contributed by atoms with Gasteiger partial charge in [0.15, 0.2) is 0 Å². The predicted molar refractivity (Wildman–Crippen MR) is 111 cm³/mol. The fraction of sp³-hybridized carbons (Fsp3) is 0.350. The molecule has 1 aliphatic rings. The molecule has 1 N–H and O–H groups in total. The SMILES string of the molecule is CCOC(=O)N1CCc2c(sc(NC(=O)Cc3ccc(SC)cc3)c2C#N)C1. The summed E-state index contributed by atoms with van der Waals surface area (Å²) >= 11 is 3.02. The fourth-order valence-electron chi connectivity index (χ4n) is 3.08. The Morgan fingerprint density at radius 3 is 2.75 bits per heavy atom. The zero-order valence-electron chi connectivity index (χ0n) is 15.8. The lowest BCUT2D eigenvalue weighted by atomic mass is 10.0. The van der Waals surface area contributed by atoms with Gasteiger partial charge in [0, 0.05) is 16.3 Å². The number of fused-ring (bicyclic) bond motifs is 1. The van der Waals surface area contributed by atoms with E-state index in [9.17, 15) is 14.9 Å². The molecule has 3 rings (SSSR count). The second-order valence-electron chi connectivity index (χ2n) is 6.26. The molecule has 8 heteroatoms. The Kier molecular flexibility index (Phi) is 6.60. The van der Waals surface area contributed by atoms with Crippen molar-refractivity contribution < 1.29 is 14.3 Å². The van der Waals surface area contributed by atoms with Crippen LogP contribution in [0.3, 0.4) is 0 Å². The van der Waals surface area contributed by atoms with Crippen molar-refractivity contribution in [2.75, 3.05) is 24.7 Å². The second-order valence-corrected chi connectivity index (χ2v) is 8.25. The predicted octanol–water partition coefficient (Wildman–Crippen LogP) is 4.04. The van der Waals surface area contributed by atoms with Crippen LogP contribution in [-0.4, -0.2) is 36.3 Å². The van der Waals surface area contributed by atoms with E-state index >= 15 is 0 Å². The summed E-state index contributed by atoms with van der Waals surface area (Å²) in [7, 11) is 0. The van der Waals surface area contributed by atoms with Crippen LogP contribution in [0.15, 0.2) is 29.2 Å². The van der Waals surface area contributed by atoms with Gasteiger partial charge in [-0.05, 0) is 42.9 Å². The minimum Gasteiger partial charge on any atom is -0.450 e. The van der Waals surface area contributed by atoms with Crippen LogP contribution in [0.1, 0.15) is 28.5 Å². The maximum Gasteiger partial charge on any atom is 0.410 e. The molecule has 0 fully saturated rings. The second kappa shape index (κ2) is 9.13. The first-order valence-electron chi connectivity index (χ1n) is 8.94. The molecule has 28 heavy (non-hydrogen) atoms.